The van der Waals surface area contributed by atoms with Gasteiger partial charge in [-0.1, -0.05) is 36.4 Å². The van der Waals surface area contributed by atoms with E-state index >= 15 is 0 Å². The number of carbonyl (C=O) groups is 2. The number of amides is 2. The van der Waals surface area contributed by atoms with E-state index in [0.717, 1.165) is 23.3 Å². The van der Waals surface area contributed by atoms with Crippen LogP contribution < -0.4 is 20.1 Å². The smallest absolute Gasteiger partial charge is 0.271 e. The first-order chi connectivity index (χ1) is 15.9. The van der Waals surface area contributed by atoms with Crippen molar-refractivity contribution in [2.24, 2.45) is 0 Å². The summed E-state index contributed by atoms with van der Waals surface area (Å²) < 4.78 is 10.5. The maximum absolute atomic E-state index is 12.7. The van der Waals surface area contributed by atoms with Gasteiger partial charge in [-0.3, -0.25) is 19.7 Å². The second-order valence-electron chi connectivity index (χ2n) is 7.01. The fourth-order valence-corrected chi connectivity index (χ4v) is 3.23. The Bertz CT molecular complexity index is 1100. The van der Waals surface area contributed by atoms with Gasteiger partial charge in [-0.05, 0) is 18.2 Å². The number of nitro groups is 1. The third-order valence-electron chi connectivity index (χ3n) is 4.92. The summed E-state index contributed by atoms with van der Waals surface area (Å²) in [4.78, 5) is 36.2. The zero-order valence-corrected chi connectivity index (χ0v) is 18.2. The number of non-ortho nitro benzene ring substituents is 1. The molecule has 0 aliphatic heterocycles. The van der Waals surface area contributed by atoms with Crippen LogP contribution in [0.3, 0.4) is 0 Å². The quantitative estimate of drug-likeness (QED) is 0.381. The number of methoxy groups -OCH3 is 2. The van der Waals surface area contributed by atoms with Crippen LogP contribution in [-0.2, 0) is 13.1 Å². The minimum absolute atomic E-state index is 0.00143. The number of carbonyl (C=O) groups excluding carboxylic acids is 2. The van der Waals surface area contributed by atoms with Gasteiger partial charge >= 0.3 is 0 Å². The van der Waals surface area contributed by atoms with Crippen molar-refractivity contribution in [3.8, 4) is 11.5 Å². The fourth-order valence-electron chi connectivity index (χ4n) is 3.23. The van der Waals surface area contributed by atoms with E-state index in [2.05, 4.69) is 10.6 Å². The lowest BCUT2D eigenvalue weighted by Gasteiger charge is -2.11. The molecule has 33 heavy (non-hydrogen) atoms. The van der Waals surface area contributed by atoms with Crippen LogP contribution in [0.2, 0.25) is 0 Å². The van der Waals surface area contributed by atoms with Gasteiger partial charge in [0.15, 0.2) is 0 Å². The Hall–Kier alpha value is -4.40. The highest BCUT2D eigenvalue weighted by molar-refractivity contribution is 6.00. The minimum atomic E-state index is -0.645. The molecule has 0 aliphatic carbocycles. The molecule has 0 aliphatic rings. The molecule has 0 atom stereocenters. The number of hydrogen-bond donors (Lipinski definition) is 2. The van der Waals surface area contributed by atoms with E-state index in [1.165, 1.54) is 20.3 Å². The van der Waals surface area contributed by atoms with Crippen LogP contribution in [0.25, 0.3) is 0 Å². The monoisotopic (exact) mass is 449 g/mol. The molecule has 0 fully saturated rings. The van der Waals surface area contributed by atoms with Crippen LogP contribution in [-0.4, -0.2) is 31.0 Å². The number of para-hydroxylation sites is 2. The number of nitrogens with zero attached hydrogens (tertiary/aromatic N) is 1. The van der Waals surface area contributed by atoms with E-state index in [9.17, 15) is 19.7 Å². The molecule has 9 nitrogen and oxygen atoms in total. The van der Waals surface area contributed by atoms with Crippen molar-refractivity contribution in [1.29, 1.82) is 0 Å². The lowest BCUT2D eigenvalue weighted by molar-refractivity contribution is -0.384. The van der Waals surface area contributed by atoms with Crippen molar-refractivity contribution >= 4 is 17.5 Å². The normalized spacial score (nSPS) is 10.2. The molecule has 2 amide bonds. The van der Waals surface area contributed by atoms with Crippen LogP contribution in [0.15, 0.2) is 66.7 Å². The van der Waals surface area contributed by atoms with Gasteiger partial charge < -0.3 is 20.1 Å². The van der Waals surface area contributed by atoms with Gasteiger partial charge in [-0.25, -0.2) is 0 Å². The zero-order chi connectivity index (χ0) is 23.8. The molecular formula is C24H23N3O6. The molecule has 9 heteroatoms. The van der Waals surface area contributed by atoms with E-state index in [1.54, 1.807) is 36.4 Å². The molecular weight excluding hydrogens is 426 g/mol. The van der Waals surface area contributed by atoms with Gasteiger partial charge in [0.05, 0.1) is 19.1 Å². The number of nitro benzene ring substituents is 1. The van der Waals surface area contributed by atoms with E-state index in [4.69, 9.17) is 9.47 Å². The van der Waals surface area contributed by atoms with Gasteiger partial charge in [0.25, 0.3) is 17.5 Å². The van der Waals surface area contributed by atoms with E-state index in [0.29, 0.717) is 11.5 Å². The molecule has 3 aromatic rings. The average Bonchev–Trinajstić information content (AvgIpc) is 2.85. The van der Waals surface area contributed by atoms with E-state index < -0.39 is 16.7 Å². The molecule has 0 heterocycles. The molecule has 0 aromatic heterocycles. The third kappa shape index (κ3) is 5.85. The third-order valence-corrected chi connectivity index (χ3v) is 4.92. The highest BCUT2D eigenvalue weighted by atomic mass is 16.6. The summed E-state index contributed by atoms with van der Waals surface area (Å²) in [5.74, 6) is 0.105. The maximum Gasteiger partial charge on any atom is 0.271 e. The van der Waals surface area contributed by atoms with Gasteiger partial charge in [0.2, 0.25) is 0 Å². The maximum atomic E-state index is 12.7. The van der Waals surface area contributed by atoms with Gasteiger partial charge in [0, 0.05) is 47.5 Å². The molecule has 3 rings (SSSR count). The van der Waals surface area contributed by atoms with Crippen LogP contribution >= 0.6 is 0 Å². The van der Waals surface area contributed by atoms with Crippen LogP contribution in [0.1, 0.15) is 31.8 Å². The van der Waals surface area contributed by atoms with Crippen molar-refractivity contribution in [3.05, 3.63) is 99.1 Å². The standard InChI is InChI=1S/C24H23N3O6/c1-32-21-9-5-3-7-16(21)14-25-23(28)18-11-19(13-20(12-18)27(30)31)24(29)26-15-17-8-4-6-10-22(17)33-2/h3-13H,14-15H2,1-2H3,(H,25,28)(H,26,29). The van der Waals surface area contributed by atoms with E-state index in [-0.39, 0.29) is 29.9 Å². The molecule has 0 saturated heterocycles. The summed E-state index contributed by atoms with van der Waals surface area (Å²) >= 11 is 0. The average molecular weight is 449 g/mol. The largest absolute Gasteiger partial charge is 0.496 e. The van der Waals surface area contributed by atoms with Gasteiger partial charge in [0.1, 0.15) is 11.5 Å². The molecule has 0 spiro atoms. The predicted molar refractivity (Wildman–Crippen MR) is 121 cm³/mol. The van der Waals surface area contributed by atoms with Crippen LogP contribution in [0, 0.1) is 10.1 Å². The molecule has 0 saturated carbocycles. The molecule has 0 unspecified atom stereocenters. The highest BCUT2D eigenvalue weighted by Crippen LogP contribution is 2.21. The van der Waals surface area contributed by atoms with Crippen molar-refractivity contribution in [3.63, 3.8) is 0 Å². The Labute approximate surface area is 190 Å². The summed E-state index contributed by atoms with van der Waals surface area (Å²) in [7, 11) is 3.05. The lowest BCUT2D eigenvalue weighted by atomic mass is 10.1. The van der Waals surface area contributed by atoms with Crippen molar-refractivity contribution < 1.29 is 24.0 Å². The van der Waals surface area contributed by atoms with E-state index in [1.807, 2.05) is 12.1 Å². The Morgan fingerprint density at radius 2 is 1.21 bits per heavy atom. The number of nitrogens with one attached hydrogen (secondary N) is 2. The zero-order valence-electron chi connectivity index (χ0n) is 18.2. The summed E-state index contributed by atoms with van der Waals surface area (Å²) in [5, 5.41) is 16.8. The van der Waals surface area contributed by atoms with Crippen molar-refractivity contribution in [2.75, 3.05) is 14.2 Å². The second-order valence-corrected chi connectivity index (χ2v) is 7.01. The van der Waals surface area contributed by atoms with Crippen LogP contribution in [0.5, 0.6) is 11.5 Å². The van der Waals surface area contributed by atoms with Gasteiger partial charge in [-0.2, -0.15) is 0 Å². The Balaban J connectivity index is 1.77. The first-order valence-corrected chi connectivity index (χ1v) is 10.0. The summed E-state index contributed by atoms with van der Waals surface area (Å²) in [6, 6.07) is 17.9. The van der Waals surface area contributed by atoms with Crippen molar-refractivity contribution in [2.45, 2.75) is 13.1 Å². The predicted octanol–water partition coefficient (Wildman–Crippen LogP) is 3.47. The molecule has 0 bridgehead atoms. The number of benzene rings is 3. The summed E-state index contributed by atoms with van der Waals surface area (Å²) in [6.07, 6.45) is 0. The van der Waals surface area contributed by atoms with Crippen LogP contribution in [0.4, 0.5) is 5.69 Å². The first kappa shape index (κ1) is 23.3. The van der Waals surface area contributed by atoms with Gasteiger partial charge in [-0.15, -0.1) is 0 Å². The molecule has 2 N–H and O–H groups in total. The topological polar surface area (TPSA) is 120 Å². The lowest BCUT2D eigenvalue weighted by Crippen LogP contribution is -2.26. The van der Waals surface area contributed by atoms with Crippen molar-refractivity contribution in [1.82, 2.24) is 10.6 Å². The Kier molecular flexibility index (Phi) is 7.59. The SMILES string of the molecule is COc1ccccc1CNC(=O)c1cc(C(=O)NCc2ccccc2OC)cc([N+](=O)[O-])c1. The highest BCUT2D eigenvalue weighted by Gasteiger charge is 2.18. The molecule has 0 radical (unpaired) electrons. The summed E-state index contributed by atoms with van der Waals surface area (Å²) in [5.41, 5.74) is 1.13. The number of rotatable bonds is 9. The number of ether oxygens (including phenoxy) is 2. The summed E-state index contributed by atoms with van der Waals surface area (Å²) in [6.45, 7) is 0.307. The first-order valence-electron chi connectivity index (χ1n) is 10.0. The molecule has 3 aromatic carbocycles. The fraction of sp³-hybridized carbons (Fsp3) is 0.167. The Morgan fingerprint density at radius 3 is 1.61 bits per heavy atom. The number of hydrogen-bond acceptors (Lipinski definition) is 6. The minimum Gasteiger partial charge on any atom is -0.496 e. The molecule has 170 valence electrons. The Morgan fingerprint density at radius 1 is 0.788 bits per heavy atom. The second kappa shape index (κ2) is 10.8.